The minimum atomic E-state index is -0.821. The van der Waals surface area contributed by atoms with Gasteiger partial charge in [-0.25, -0.2) is 4.98 Å². The first-order valence-electron chi connectivity index (χ1n) is 6.48. The van der Waals surface area contributed by atoms with Crippen molar-refractivity contribution in [3.8, 4) is 6.07 Å². The summed E-state index contributed by atoms with van der Waals surface area (Å²) < 4.78 is 0. The maximum atomic E-state index is 11.0. The van der Waals surface area contributed by atoms with E-state index in [1.807, 2.05) is 17.9 Å². The van der Waals surface area contributed by atoms with E-state index < -0.39 is 16.8 Å². The van der Waals surface area contributed by atoms with E-state index in [1.165, 1.54) is 6.07 Å². The highest BCUT2D eigenvalue weighted by molar-refractivity contribution is 5.70. The van der Waals surface area contributed by atoms with E-state index in [2.05, 4.69) is 4.98 Å². The van der Waals surface area contributed by atoms with Gasteiger partial charge in [-0.15, -0.1) is 0 Å². The molecule has 1 aromatic rings. The first kappa shape index (κ1) is 14.7. The van der Waals surface area contributed by atoms with Gasteiger partial charge in [0.2, 0.25) is 0 Å². The van der Waals surface area contributed by atoms with Gasteiger partial charge in [-0.05, 0) is 19.8 Å². The average molecular weight is 290 g/mol. The highest BCUT2D eigenvalue weighted by atomic mass is 16.6. The van der Waals surface area contributed by atoms with Crippen LogP contribution >= 0.6 is 0 Å². The van der Waals surface area contributed by atoms with Crippen molar-refractivity contribution >= 4 is 17.5 Å². The van der Waals surface area contributed by atoms with E-state index in [4.69, 9.17) is 10.4 Å². The molecule has 2 heterocycles. The number of nitrogens with zero attached hydrogens (tertiary/aromatic N) is 4. The monoisotopic (exact) mass is 290 g/mol. The van der Waals surface area contributed by atoms with E-state index in [0.29, 0.717) is 25.2 Å². The normalized spacial score (nSPS) is 21.6. The number of carbonyl (C=O) groups is 1. The van der Waals surface area contributed by atoms with Crippen molar-refractivity contribution < 1.29 is 14.8 Å². The third kappa shape index (κ3) is 2.91. The topological polar surface area (TPSA) is 120 Å². The third-order valence-corrected chi connectivity index (χ3v) is 3.68. The first-order chi connectivity index (χ1) is 9.93. The molecular weight excluding hydrogens is 276 g/mol. The van der Waals surface area contributed by atoms with Crippen LogP contribution in [0.1, 0.15) is 25.3 Å². The van der Waals surface area contributed by atoms with Crippen molar-refractivity contribution in [3.05, 3.63) is 27.9 Å². The molecule has 1 saturated heterocycles. The molecule has 0 amide bonds. The second kappa shape index (κ2) is 5.75. The number of carboxylic acids is 1. The SMILES string of the molecule is CC1CC(C(=O)O)CCN1c1ncc([N+](=O)[O-])cc1C#N. The van der Waals surface area contributed by atoms with Gasteiger partial charge in [0, 0.05) is 18.7 Å². The Morgan fingerprint density at radius 1 is 1.67 bits per heavy atom. The quantitative estimate of drug-likeness (QED) is 0.662. The molecule has 0 radical (unpaired) electrons. The predicted octanol–water partition coefficient (Wildman–Crippen LogP) is 1.55. The summed E-state index contributed by atoms with van der Waals surface area (Å²) in [7, 11) is 0. The van der Waals surface area contributed by atoms with Crippen LogP contribution in [0, 0.1) is 27.4 Å². The maximum absolute atomic E-state index is 11.0. The second-order valence-corrected chi connectivity index (χ2v) is 5.04. The van der Waals surface area contributed by atoms with E-state index in [9.17, 15) is 14.9 Å². The second-order valence-electron chi connectivity index (χ2n) is 5.04. The minimum absolute atomic E-state index is 0.0964. The molecule has 0 aliphatic carbocycles. The Bertz CT molecular complexity index is 625. The number of carboxylic acid groups (broad SMARTS) is 1. The van der Waals surface area contributed by atoms with Crippen LogP contribution in [-0.4, -0.2) is 33.6 Å². The lowest BCUT2D eigenvalue weighted by Crippen LogP contribution is -2.43. The number of rotatable bonds is 3. The number of pyridine rings is 1. The predicted molar refractivity (Wildman–Crippen MR) is 72.8 cm³/mol. The summed E-state index contributed by atoms with van der Waals surface area (Å²) in [6.07, 6.45) is 2.04. The minimum Gasteiger partial charge on any atom is -0.481 e. The lowest BCUT2D eigenvalue weighted by molar-refractivity contribution is -0.385. The summed E-state index contributed by atoms with van der Waals surface area (Å²) in [6.45, 7) is 2.32. The van der Waals surface area contributed by atoms with Gasteiger partial charge in [-0.3, -0.25) is 14.9 Å². The van der Waals surface area contributed by atoms with E-state index in [0.717, 1.165) is 6.20 Å². The van der Waals surface area contributed by atoms with E-state index in [1.54, 1.807) is 0 Å². The molecule has 0 bridgehead atoms. The molecule has 2 atom stereocenters. The smallest absolute Gasteiger partial charge is 0.306 e. The number of aromatic nitrogens is 1. The molecule has 2 rings (SSSR count). The van der Waals surface area contributed by atoms with Crippen LogP contribution in [0.2, 0.25) is 0 Å². The Labute approximate surface area is 120 Å². The molecule has 0 saturated carbocycles. The highest BCUT2D eigenvalue weighted by Gasteiger charge is 2.31. The first-order valence-corrected chi connectivity index (χ1v) is 6.48. The molecule has 0 aromatic carbocycles. The Kier molecular flexibility index (Phi) is 4.03. The van der Waals surface area contributed by atoms with Crippen LogP contribution in [0.15, 0.2) is 12.3 Å². The van der Waals surface area contributed by atoms with Crippen LogP contribution in [0.25, 0.3) is 0 Å². The third-order valence-electron chi connectivity index (χ3n) is 3.68. The molecule has 110 valence electrons. The molecule has 1 aliphatic rings. The zero-order chi connectivity index (χ0) is 15.6. The number of nitriles is 1. The molecule has 21 heavy (non-hydrogen) atoms. The fourth-order valence-electron chi connectivity index (χ4n) is 2.57. The highest BCUT2D eigenvalue weighted by Crippen LogP contribution is 2.30. The van der Waals surface area contributed by atoms with Gasteiger partial charge in [0.25, 0.3) is 5.69 Å². The maximum Gasteiger partial charge on any atom is 0.306 e. The molecule has 2 unspecified atom stereocenters. The molecule has 1 aliphatic heterocycles. The van der Waals surface area contributed by atoms with E-state index >= 15 is 0 Å². The van der Waals surface area contributed by atoms with Gasteiger partial charge in [0.1, 0.15) is 23.6 Å². The van der Waals surface area contributed by atoms with Crippen LogP contribution < -0.4 is 4.90 Å². The molecule has 1 fully saturated rings. The van der Waals surface area contributed by atoms with Gasteiger partial charge < -0.3 is 10.0 Å². The van der Waals surface area contributed by atoms with Crippen molar-refractivity contribution in [2.24, 2.45) is 5.92 Å². The Morgan fingerprint density at radius 3 is 2.90 bits per heavy atom. The molecule has 1 aromatic heterocycles. The summed E-state index contributed by atoms with van der Waals surface area (Å²) in [5, 5.41) is 28.9. The number of anilines is 1. The Balaban J connectivity index is 2.29. The molecule has 0 spiro atoms. The van der Waals surface area contributed by atoms with Gasteiger partial charge in [-0.1, -0.05) is 0 Å². The summed E-state index contributed by atoms with van der Waals surface area (Å²) in [5.74, 6) is -0.849. The van der Waals surface area contributed by atoms with Crippen molar-refractivity contribution in [1.82, 2.24) is 4.98 Å². The van der Waals surface area contributed by atoms with Gasteiger partial charge in [-0.2, -0.15) is 5.26 Å². The Morgan fingerprint density at radius 2 is 2.38 bits per heavy atom. The molecule has 1 N–H and O–H groups in total. The van der Waals surface area contributed by atoms with Crippen LogP contribution in [0.4, 0.5) is 11.5 Å². The zero-order valence-corrected chi connectivity index (χ0v) is 11.4. The van der Waals surface area contributed by atoms with Gasteiger partial charge in [0.15, 0.2) is 0 Å². The van der Waals surface area contributed by atoms with Gasteiger partial charge in [0.05, 0.1) is 10.8 Å². The molecule has 8 heteroatoms. The number of nitro groups is 1. The summed E-state index contributed by atoms with van der Waals surface area (Å²) in [5.41, 5.74) is -0.104. The van der Waals surface area contributed by atoms with Crippen LogP contribution in [0.3, 0.4) is 0 Å². The van der Waals surface area contributed by atoms with Crippen LogP contribution in [-0.2, 0) is 4.79 Å². The van der Waals surface area contributed by atoms with Crippen LogP contribution in [0.5, 0.6) is 0 Å². The van der Waals surface area contributed by atoms with E-state index in [-0.39, 0.29) is 17.3 Å². The van der Waals surface area contributed by atoms with Crippen molar-refractivity contribution in [2.75, 3.05) is 11.4 Å². The largest absolute Gasteiger partial charge is 0.481 e. The average Bonchev–Trinajstić information content (AvgIpc) is 2.46. The fraction of sp³-hybridized carbons (Fsp3) is 0.462. The number of hydrogen-bond acceptors (Lipinski definition) is 6. The summed E-state index contributed by atoms with van der Waals surface area (Å²) in [4.78, 5) is 27.0. The fourth-order valence-corrected chi connectivity index (χ4v) is 2.57. The lowest BCUT2D eigenvalue weighted by atomic mass is 9.91. The molecule has 8 nitrogen and oxygen atoms in total. The van der Waals surface area contributed by atoms with Gasteiger partial charge >= 0.3 is 5.97 Å². The number of aliphatic carboxylic acids is 1. The zero-order valence-electron chi connectivity index (χ0n) is 11.4. The van der Waals surface area contributed by atoms with Crippen molar-refractivity contribution in [2.45, 2.75) is 25.8 Å². The number of hydrogen-bond donors (Lipinski definition) is 1. The number of piperidine rings is 1. The molecular formula is C13H14N4O4. The lowest BCUT2D eigenvalue weighted by Gasteiger charge is -2.37. The Hall–Kier alpha value is -2.69. The standard InChI is InChI=1S/C13H14N4O4/c1-8-4-9(13(18)19)2-3-16(8)12-10(6-14)5-11(7-15-12)17(20)21/h5,7-9H,2-4H2,1H3,(H,18,19). The van der Waals surface area contributed by atoms with Crippen molar-refractivity contribution in [1.29, 1.82) is 5.26 Å². The van der Waals surface area contributed by atoms with Crippen molar-refractivity contribution in [3.63, 3.8) is 0 Å². The summed E-state index contributed by atoms with van der Waals surface area (Å²) in [6, 6.07) is 3.01. The summed E-state index contributed by atoms with van der Waals surface area (Å²) >= 11 is 0.